The Morgan fingerprint density at radius 2 is 0.854 bits per heavy atom. The number of fused-ring (bicyclic) bond motifs is 19. The second-order valence-electron chi connectivity index (χ2n) is 28.4. The van der Waals surface area contributed by atoms with E-state index in [9.17, 15) is 0 Å². The molecular weight excluding hydrogens is 1160 g/mol. The molecule has 4 aliphatic carbocycles. The van der Waals surface area contributed by atoms with Crippen LogP contribution >= 0.6 is 0 Å². The summed E-state index contributed by atoms with van der Waals surface area (Å²) in [6.07, 6.45) is 6.19. The third-order valence-electron chi connectivity index (χ3n) is 22.5. The zero-order chi connectivity index (χ0) is 63.4. The van der Waals surface area contributed by atoms with Crippen molar-refractivity contribution in [1.82, 2.24) is 23.7 Å². The Morgan fingerprint density at radius 3 is 1.53 bits per heavy atom. The standard InChI is InChI=1S/C91H63N5/c1-90(2)75-23-13-10-20-65(75)66-40-36-62(51-77(66)90)95-80-24-14-11-21-67(80)69-38-28-58(49-84(69)95)56-32-44-82-73(46-56)74-47-57(59-29-39-70-68-22-12-15-25-81(68)96(85(70)50-59)63-37-41-71-78(52-63)91(3,4)76-42-30-60-48-72(60)86(71)76)33-45-83(74)94(82)61-34-26-54(27-35-61)88-87-64-19-9-8-16-53(64)31-43-79(87)92-89(93-88)55-17-6-5-7-18-55/h5-47,49-52,60,72H,48H2,1-4H3. The van der Waals surface area contributed by atoms with Crippen molar-refractivity contribution in [2.24, 2.45) is 11.8 Å². The number of nitrogens with zero attached hydrogens (tertiary/aromatic N) is 5. The summed E-state index contributed by atoms with van der Waals surface area (Å²) < 4.78 is 7.48. The number of hydrogen-bond acceptors (Lipinski definition) is 2. The summed E-state index contributed by atoms with van der Waals surface area (Å²) in [5.41, 5.74) is 30.3. The molecule has 4 aromatic heterocycles. The van der Waals surface area contributed by atoms with E-state index in [4.69, 9.17) is 9.97 Å². The zero-order valence-corrected chi connectivity index (χ0v) is 53.7. The maximum absolute atomic E-state index is 5.41. The van der Waals surface area contributed by atoms with Crippen LogP contribution in [0.2, 0.25) is 0 Å². The molecule has 0 amide bonds. The van der Waals surface area contributed by atoms with Gasteiger partial charge in [-0.25, -0.2) is 9.97 Å². The molecule has 5 nitrogen and oxygen atoms in total. The van der Waals surface area contributed by atoms with Crippen molar-refractivity contribution in [3.05, 3.63) is 313 Å². The monoisotopic (exact) mass is 1230 g/mol. The van der Waals surface area contributed by atoms with Gasteiger partial charge in [-0.3, -0.25) is 0 Å². The van der Waals surface area contributed by atoms with E-state index in [0.29, 0.717) is 17.7 Å². The van der Waals surface area contributed by atoms with E-state index in [2.05, 4.69) is 320 Å². The minimum atomic E-state index is -0.126. The number of benzene rings is 13. The van der Waals surface area contributed by atoms with Gasteiger partial charge in [0.05, 0.1) is 44.3 Å². The molecule has 13 aromatic carbocycles. The summed E-state index contributed by atoms with van der Waals surface area (Å²) >= 11 is 0. The van der Waals surface area contributed by atoms with Gasteiger partial charge in [0.1, 0.15) is 0 Å². The predicted molar refractivity (Wildman–Crippen MR) is 400 cm³/mol. The first-order valence-electron chi connectivity index (χ1n) is 33.9. The molecule has 452 valence electrons. The van der Waals surface area contributed by atoms with Crippen LogP contribution in [0.1, 0.15) is 56.4 Å². The van der Waals surface area contributed by atoms with Crippen LogP contribution in [-0.4, -0.2) is 23.7 Å². The van der Waals surface area contributed by atoms with Crippen molar-refractivity contribution >= 4 is 92.7 Å². The van der Waals surface area contributed by atoms with E-state index in [-0.39, 0.29) is 10.8 Å². The molecule has 5 heteroatoms. The first kappa shape index (κ1) is 53.8. The van der Waals surface area contributed by atoms with Crippen molar-refractivity contribution < 1.29 is 0 Å². The quantitative estimate of drug-likeness (QED) is 0.149. The SMILES string of the molecule is CC1(C)C2=C(c3ccc(-n4c5ccccc5c5ccc(-c6ccc7c(c6)c6cc(-c8ccc9c%10ccccc%10n(-c%10ccc%11c(c%10)C(C)(C)c%10ccccc%10-%11)c9c8)ccc6n7-c6ccc(-c7nc(-c8ccccc8)nc8ccc9ccccc9c78)cc6)cc54)cc31)C1CC1C=C2. The largest absolute Gasteiger partial charge is 0.309 e. The van der Waals surface area contributed by atoms with Gasteiger partial charge >= 0.3 is 0 Å². The highest BCUT2D eigenvalue weighted by molar-refractivity contribution is 6.16. The van der Waals surface area contributed by atoms with Gasteiger partial charge in [0, 0.05) is 76.7 Å². The lowest BCUT2D eigenvalue weighted by atomic mass is 9.80. The molecular formula is C91H63N5. The van der Waals surface area contributed by atoms with Gasteiger partial charge < -0.3 is 13.7 Å². The Kier molecular flexibility index (Phi) is 10.9. The molecule has 1 saturated carbocycles. The van der Waals surface area contributed by atoms with E-state index >= 15 is 0 Å². The van der Waals surface area contributed by atoms with Crippen LogP contribution in [0.4, 0.5) is 0 Å². The van der Waals surface area contributed by atoms with Crippen molar-refractivity contribution in [2.45, 2.75) is 44.9 Å². The number of para-hydroxylation sites is 2. The topological polar surface area (TPSA) is 40.6 Å². The number of aromatic nitrogens is 5. The summed E-state index contributed by atoms with van der Waals surface area (Å²) in [7, 11) is 0. The van der Waals surface area contributed by atoms with Gasteiger partial charge in [-0.15, -0.1) is 0 Å². The first-order chi connectivity index (χ1) is 47.1. The molecule has 2 unspecified atom stereocenters. The predicted octanol–water partition coefficient (Wildman–Crippen LogP) is 23.3. The average molecular weight is 1230 g/mol. The second kappa shape index (κ2) is 19.5. The summed E-state index contributed by atoms with van der Waals surface area (Å²) in [6.45, 7) is 9.61. The summed E-state index contributed by atoms with van der Waals surface area (Å²) in [4.78, 5) is 10.6. The smallest absolute Gasteiger partial charge is 0.160 e. The highest BCUT2D eigenvalue weighted by Crippen LogP contribution is 2.61. The lowest BCUT2D eigenvalue weighted by Crippen LogP contribution is -2.17. The number of rotatable bonds is 7. The lowest BCUT2D eigenvalue weighted by molar-refractivity contribution is 0.650. The van der Waals surface area contributed by atoms with Crippen LogP contribution in [0.3, 0.4) is 0 Å². The maximum Gasteiger partial charge on any atom is 0.160 e. The minimum Gasteiger partial charge on any atom is -0.309 e. The third kappa shape index (κ3) is 7.57. The Morgan fingerprint density at radius 1 is 0.344 bits per heavy atom. The summed E-state index contributed by atoms with van der Waals surface area (Å²) in [5, 5.41) is 10.7. The molecule has 2 atom stereocenters. The Labute approximate surface area is 555 Å². The number of allylic oxidation sites excluding steroid dienone is 4. The molecule has 1 fully saturated rings. The van der Waals surface area contributed by atoms with Crippen molar-refractivity contribution in [1.29, 1.82) is 0 Å². The van der Waals surface area contributed by atoms with Crippen LogP contribution in [0.25, 0.3) is 166 Å². The third-order valence-corrected chi connectivity index (χ3v) is 22.5. The summed E-state index contributed by atoms with van der Waals surface area (Å²) in [5.74, 6) is 2.07. The molecule has 96 heavy (non-hydrogen) atoms. The highest BCUT2D eigenvalue weighted by atomic mass is 15.0. The molecule has 0 aliphatic heterocycles. The lowest BCUT2D eigenvalue weighted by Gasteiger charge is -2.24. The van der Waals surface area contributed by atoms with Gasteiger partial charge in [0.25, 0.3) is 0 Å². The van der Waals surface area contributed by atoms with Crippen LogP contribution < -0.4 is 0 Å². The van der Waals surface area contributed by atoms with Crippen LogP contribution in [0.15, 0.2) is 291 Å². The zero-order valence-electron chi connectivity index (χ0n) is 53.7. The first-order valence-corrected chi connectivity index (χ1v) is 33.9. The fraction of sp³-hybridized carbons (Fsp3) is 0.0989. The van der Waals surface area contributed by atoms with Crippen LogP contribution in [0, 0.1) is 11.8 Å². The number of hydrogen-bond donors (Lipinski definition) is 0. The van der Waals surface area contributed by atoms with Gasteiger partial charge in [-0.05, 0) is 187 Å². The molecule has 4 heterocycles. The molecule has 0 N–H and O–H groups in total. The van der Waals surface area contributed by atoms with E-state index in [1.807, 2.05) is 6.07 Å². The average Bonchev–Trinajstić information content (AvgIpc) is 1.51. The van der Waals surface area contributed by atoms with Crippen LogP contribution in [-0.2, 0) is 10.8 Å². The summed E-state index contributed by atoms with van der Waals surface area (Å²) in [6, 6.07) is 102. The van der Waals surface area contributed by atoms with Crippen molar-refractivity contribution in [3.8, 4) is 73.1 Å². The second-order valence-corrected chi connectivity index (χ2v) is 28.4. The Bertz CT molecular complexity index is 6360. The maximum atomic E-state index is 5.41. The van der Waals surface area contributed by atoms with Gasteiger partial charge in [0.2, 0.25) is 0 Å². The van der Waals surface area contributed by atoms with Gasteiger partial charge in [-0.2, -0.15) is 0 Å². The molecule has 0 spiro atoms. The molecule has 0 saturated heterocycles. The Balaban J connectivity index is 0.741. The molecule has 17 aromatic rings. The molecule has 0 bridgehead atoms. The van der Waals surface area contributed by atoms with Crippen LogP contribution in [0.5, 0.6) is 0 Å². The van der Waals surface area contributed by atoms with Crippen molar-refractivity contribution in [2.75, 3.05) is 0 Å². The fourth-order valence-electron chi connectivity index (χ4n) is 17.7. The van der Waals surface area contributed by atoms with E-state index < -0.39 is 0 Å². The molecule has 0 radical (unpaired) electrons. The molecule has 21 rings (SSSR count). The Hall–Kier alpha value is -11.7. The normalized spacial score (nSPS) is 16.4. The van der Waals surface area contributed by atoms with Crippen molar-refractivity contribution in [3.63, 3.8) is 0 Å². The minimum absolute atomic E-state index is 0.0698. The molecule has 4 aliphatic rings. The fourth-order valence-corrected chi connectivity index (χ4v) is 17.7. The highest BCUT2D eigenvalue weighted by Gasteiger charge is 2.49. The van der Waals surface area contributed by atoms with E-state index in [1.165, 1.54) is 128 Å². The van der Waals surface area contributed by atoms with E-state index in [1.54, 1.807) is 5.57 Å². The van der Waals surface area contributed by atoms with Gasteiger partial charge in [0.15, 0.2) is 5.82 Å². The van der Waals surface area contributed by atoms with Gasteiger partial charge in [-0.1, -0.05) is 222 Å². The van der Waals surface area contributed by atoms with E-state index in [0.717, 1.165) is 60.8 Å².